The van der Waals surface area contributed by atoms with Crippen LogP contribution in [0.5, 0.6) is 0 Å². The highest BCUT2D eigenvalue weighted by Gasteiger charge is 2.31. The third kappa shape index (κ3) is 6.61. The van der Waals surface area contributed by atoms with Crippen LogP contribution in [-0.4, -0.2) is 56.5 Å². The lowest BCUT2D eigenvalue weighted by Gasteiger charge is -2.31. The molecule has 2 saturated carbocycles. The van der Waals surface area contributed by atoms with Crippen LogP contribution in [0.15, 0.2) is 29.3 Å². The van der Waals surface area contributed by atoms with Crippen LogP contribution in [0.1, 0.15) is 50.1 Å². The lowest BCUT2D eigenvalue weighted by atomic mass is 9.85. The minimum Gasteiger partial charge on any atom is -0.354 e. The number of nitrogens with one attached hydrogen (secondary N) is 3. The molecule has 2 aliphatic carbocycles. The van der Waals surface area contributed by atoms with Gasteiger partial charge in [0.15, 0.2) is 5.96 Å². The summed E-state index contributed by atoms with van der Waals surface area (Å²) >= 11 is 6.03. The molecule has 1 amide bonds. The maximum Gasteiger partial charge on any atom is 0.223 e. The first-order valence-electron chi connectivity index (χ1n) is 10.7. The third-order valence-corrected chi connectivity index (χ3v) is 6.13. The first kappa shape index (κ1) is 21.9. The molecule has 2 aliphatic rings. The van der Waals surface area contributed by atoms with Gasteiger partial charge in [0.1, 0.15) is 0 Å². The molecule has 0 saturated heterocycles. The SMILES string of the molecule is CN=C(NCC(c1ccc(Cl)cc1)N(C)C)NC1CCCC(C(=O)NC2CC2)C1. The Kier molecular flexibility index (Phi) is 7.78. The number of aliphatic imine (C=N–C) groups is 1. The Balaban J connectivity index is 1.52. The summed E-state index contributed by atoms with van der Waals surface area (Å²) in [5.74, 6) is 1.14. The van der Waals surface area contributed by atoms with Crippen LogP contribution in [0.3, 0.4) is 0 Å². The van der Waals surface area contributed by atoms with E-state index >= 15 is 0 Å². The van der Waals surface area contributed by atoms with Crippen LogP contribution in [0, 0.1) is 5.92 Å². The van der Waals surface area contributed by atoms with Crippen molar-refractivity contribution in [3.05, 3.63) is 34.9 Å². The maximum absolute atomic E-state index is 12.4. The van der Waals surface area contributed by atoms with Crippen molar-refractivity contribution in [1.82, 2.24) is 20.9 Å². The maximum atomic E-state index is 12.4. The summed E-state index contributed by atoms with van der Waals surface area (Å²) in [6.45, 7) is 0.729. The normalized spacial score (nSPS) is 23.6. The second-order valence-corrected chi connectivity index (χ2v) is 8.91. The molecule has 0 aromatic heterocycles. The van der Waals surface area contributed by atoms with E-state index in [4.69, 9.17) is 11.6 Å². The highest BCUT2D eigenvalue weighted by molar-refractivity contribution is 6.30. The van der Waals surface area contributed by atoms with Crippen LogP contribution < -0.4 is 16.0 Å². The standard InChI is InChI=1S/C22H34ClN5O/c1-24-22(25-14-20(28(2)3)15-7-9-17(23)10-8-15)27-19-6-4-5-16(13-19)21(29)26-18-11-12-18/h7-10,16,18-20H,4-6,11-14H2,1-3H3,(H,26,29)(H2,24,25,27). The highest BCUT2D eigenvalue weighted by Crippen LogP contribution is 2.27. The summed E-state index contributed by atoms with van der Waals surface area (Å²) in [5, 5.41) is 10.9. The Labute approximate surface area is 179 Å². The van der Waals surface area contributed by atoms with Crippen molar-refractivity contribution < 1.29 is 4.79 Å². The number of hydrogen-bond acceptors (Lipinski definition) is 3. The molecule has 3 N–H and O–H groups in total. The van der Waals surface area contributed by atoms with E-state index in [0.717, 1.165) is 56.1 Å². The Morgan fingerprint density at radius 3 is 2.48 bits per heavy atom. The predicted molar refractivity (Wildman–Crippen MR) is 119 cm³/mol. The van der Waals surface area contributed by atoms with Gasteiger partial charge in [-0.1, -0.05) is 30.2 Å². The molecule has 7 heteroatoms. The molecule has 3 atom stereocenters. The van der Waals surface area contributed by atoms with Crippen molar-refractivity contribution in [3.63, 3.8) is 0 Å². The Bertz CT molecular complexity index is 702. The quantitative estimate of drug-likeness (QED) is 0.469. The van der Waals surface area contributed by atoms with Gasteiger partial charge in [0.2, 0.25) is 5.91 Å². The van der Waals surface area contributed by atoms with E-state index in [1.807, 2.05) is 12.1 Å². The van der Waals surface area contributed by atoms with Gasteiger partial charge in [-0.2, -0.15) is 0 Å². The van der Waals surface area contributed by atoms with Crippen molar-refractivity contribution in [2.24, 2.45) is 10.9 Å². The van der Waals surface area contributed by atoms with E-state index in [-0.39, 0.29) is 23.9 Å². The molecule has 0 aliphatic heterocycles. The minimum absolute atomic E-state index is 0.114. The summed E-state index contributed by atoms with van der Waals surface area (Å²) in [6.07, 6.45) is 6.27. The summed E-state index contributed by atoms with van der Waals surface area (Å²) in [7, 11) is 5.94. The number of carbonyl (C=O) groups is 1. The zero-order chi connectivity index (χ0) is 20.8. The predicted octanol–water partition coefficient (Wildman–Crippen LogP) is 2.95. The van der Waals surface area contributed by atoms with Crippen LogP contribution in [0.2, 0.25) is 5.02 Å². The molecule has 0 bridgehead atoms. The number of guanidine groups is 1. The molecule has 0 radical (unpaired) electrons. The van der Waals surface area contributed by atoms with E-state index in [1.54, 1.807) is 7.05 Å². The van der Waals surface area contributed by atoms with Gasteiger partial charge in [0.05, 0.1) is 6.04 Å². The van der Waals surface area contributed by atoms with Crippen molar-refractivity contribution in [3.8, 4) is 0 Å². The fourth-order valence-corrected chi connectivity index (χ4v) is 4.10. The number of nitrogens with zero attached hydrogens (tertiary/aromatic N) is 2. The number of benzene rings is 1. The van der Waals surface area contributed by atoms with Gasteiger partial charge in [0.25, 0.3) is 0 Å². The molecule has 2 fully saturated rings. The molecule has 6 nitrogen and oxygen atoms in total. The largest absolute Gasteiger partial charge is 0.354 e. The second-order valence-electron chi connectivity index (χ2n) is 8.47. The Morgan fingerprint density at radius 2 is 1.86 bits per heavy atom. The van der Waals surface area contributed by atoms with Gasteiger partial charge in [0, 0.05) is 36.6 Å². The molecule has 1 aromatic carbocycles. The number of carbonyl (C=O) groups excluding carboxylic acids is 1. The van der Waals surface area contributed by atoms with Crippen LogP contribution in [0.4, 0.5) is 0 Å². The lowest BCUT2D eigenvalue weighted by Crippen LogP contribution is -2.48. The smallest absolute Gasteiger partial charge is 0.223 e. The van der Waals surface area contributed by atoms with E-state index in [9.17, 15) is 4.79 Å². The number of hydrogen-bond donors (Lipinski definition) is 3. The molecule has 0 heterocycles. The number of amides is 1. The molecular weight excluding hydrogens is 386 g/mol. The van der Waals surface area contributed by atoms with Crippen molar-refractivity contribution in [2.75, 3.05) is 27.7 Å². The summed E-state index contributed by atoms with van der Waals surface area (Å²) in [4.78, 5) is 19.0. The zero-order valence-electron chi connectivity index (χ0n) is 17.7. The van der Waals surface area contributed by atoms with Crippen molar-refractivity contribution in [1.29, 1.82) is 0 Å². The summed E-state index contributed by atoms with van der Waals surface area (Å²) in [6, 6.07) is 8.89. The summed E-state index contributed by atoms with van der Waals surface area (Å²) in [5.41, 5.74) is 1.21. The average molecular weight is 420 g/mol. The van der Waals surface area contributed by atoms with E-state index in [1.165, 1.54) is 5.56 Å². The van der Waals surface area contributed by atoms with Crippen molar-refractivity contribution in [2.45, 2.75) is 56.7 Å². The fraction of sp³-hybridized carbons (Fsp3) is 0.636. The van der Waals surface area contributed by atoms with Gasteiger partial charge in [-0.05, 0) is 63.9 Å². The molecule has 1 aromatic rings. The first-order chi connectivity index (χ1) is 14.0. The molecule has 29 heavy (non-hydrogen) atoms. The van der Waals surface area contributed by atoms with Crippen LogP contribution >= 0.6 is 11.6 Å². The van der Waals surface area contributed by atoms with Crippen molar-refractivity contribution >= 4 is 23.5 Å². The van der Waals surface area contributed by atoms with Gasteiger partial charge < -0.3 is 20.9 Å². The fourth-order valence-electron chi connectivity index (χ4n) is 3.97. The molecule has 3 rings (SSSR count). The number of halogens is 1. The van der Waals surface area contributed by atoms with Crippen LogP contribution in [0.25, 0.3) is 0 Å². The van der Waals surface area contributed by atoms with Gasteiger partial charge >= 0.3 is 0 Å². The number of rotatable bonds is 7. The highest BCUT2D eigenvalue weighted by atomic mass is 35.5. The van der Waals surface area contributed by atoms with E-state index < -0.39 is 0 Å². The minimum atomic E-state index is 0.114. The van der Waals surface area contributed by atoms with Crippen LogP contribution in [-0.2, 0) is 4.79 Å². The van der Waals surface area contributed by atoms with Gasteiger partial charge in [-0.25, -0.2) is 0 Å². The lowest BCUT2D eigenvalue weighted by molar-refractivity contribution is -0.126. The second kappa shape index (κ2) is 10.3. The Hall–Kier alpha value is -1.79. The van der Waals surface area contributed by atoms with Gasteiger partial charge in [-0.3, -0.25) is 9.79 Å². The Morgan fingerprint density at radius 1 is 1.14 bits per heavy atom. The monoisotopic (exact) mass is 419 g/mol. The summed E-state index contributed by atoms with van der Waals surface area (Å²) < 4.78 is 0. The molecule has 160 valence electrons. The topological polar surface area (TPSA) is 68.8 Å². The molecule has 0 spiro atoms. The molecular formula is C22H34ClN5O. The van der Waals surface area contributed by atoms with E-state index in [2.05, 4.69) is 52.1 Å². The van der Waals surface area contributed by atoms with E-state index in [0.29, 0.717) is 6.04 Å². The number of likely N-dealkylation sites (N-methyl/N-ethyl adjacent to an activating group) is 1. The third-order valence-electron chi connectivity index (χ3n) is 5.87. The first-order valence-corrected chi connectivity index (χ1v) is 11.0. The van der Waals surface area contributed by atoms with Gasteiger partial charge in [-0.15, -0.1) is 0 Å². The molecule has 3 unspecified atom stereocenters. The average Bonchev–Trinajstić information content (AvgIpc) is 3.52. The zero-order valence-corrected chi connectivity index (χ0v) is 18.5.